The molecule has 76 heavy (non-hydrogen) atoms. The number of amides is 1. The Kier molecular flexibility index (Phi) is 53.0. The first-order valence-electron chi connectivity index (χ1n) is 31.0. The molecule has 0 aromatic heterocycles. The highest BCUT2D eigenvalue weighted by molar-refractivity contribution is 7.45. The van der Waals surface area contributed by atoms with Gasteiger partial charge < -0.3 is 28.5 Å². The first-order valence-corrected chi connectivity index (χ1v) is 32.5. The minimum absolute atomic E-state index is 0.0341. The molecule has 0 aromatic rings. The van der Waals surface area contributed by atoms with Gasteiger partial charge in [-0.1, -0.05) is 234 Å². The highest BCUT2D eigenvalue weighted by atomic mass is 31.2. The van der Waals surface area contributed by atoms with Crippen molar-refractivity contribution in [1.82, 2.24) is 5.32 Å². The summed E-state index contributed by atoms with van der Waals surface area (Å²) in [5, 5.41) is 3.01. The van der Waals surface area contributed by atoms with Crippen LogP contribution in [0.2, 0.25) is 0 Å². The van der Waals surface area contributed by atoms with E-state index in [2.05, 4.69) is 111 Å². The first-order chi connectivity index (χ1) is 36.9. The molecule has 0 aromatic carbocycles. The molecule has 0 saturated carbocycles. The van der Waals surface area contributed by atoms with Crippen LogP contribution in [-0.2, 0) is 27.9 Å². The largest absolute Gasteiger partial charge is 0.756 e. The van der Waals surface area contributed by atoms with Gasteiger partial charge in [-0.15, -0.1) is 0 Å². The SMILES string of the molecule is CC/C=C\C/C=C\C/C=C\C/C=C\C/C=C\C/C=C\CCCCCCC(=O)NC(COP(=O)([O-])OCC[N+](C)(C)C)C(/C=C\CCCCCCCCCCCCC)OC(=O)CCCCC/C=C\CCCCCCCCC. The molecule has 0 spiro atoms. The number of likely N-dealkylation sites (N-methyl/N-ethyl adjacent to an activating group) is 1. The molecule has 0 saturated heterocycles. The van der Waals surface area contributed by atoms with Crippen molar-refractivity contribution in [2.75, 3.05) is 40.9 Å². The third kappa shape index (κ3) is 55.7. The summed E-state index contributed by atoms with van der Waals surface area (Å²) in [5.74, 6) is -0.591. The normalized spacial score (nSPS) is 14.4. The molecule has 0 aliphatic rings. The maximum absolute atomic E-state index is 13.5. The topological polar surface area (TPSA) is 114 Å². The van der Waals surface area contributed by atoms with Crippen molar-refractivity contribution < 1.29 is 37.3 Å². The van der Waals surface area contributed by atoms with Crippen molar-refractivity contribution in [3.63, 3.8) is 0 Å². The van der Waals surface area contributed by atoms with Crippen LogP contribution in [0.4, 0.5) is 0 Å². The number of hydrogen-bond donors (Lipinski definition) is 1. The van der Waals surface area contributed by atoms with Gasteiger partial charge in [0.1, 0.15) is 19.3 Å². The van der Waals surface area contributed by atoms with Crippen LogP contribution in [0.15, 0.2) is 97.2 Å². The number of ether oxygens (including phenoxy) is 1. The summed E-state index contributed by atoms with van der Waals surface area (Å²) in [4.78, 5) is 40.0. The molecular weight excluding hydrogens is 964 g/mol. The third-order valence-electron chi connectivity index (χ3n) is 13.2. The minimum Gasteiger partial charge on any atom is -0.756 e. The Labute approximate surface area is 468 Å². The lowest BCUT2D eigenvalue weighted by atomic mass is 10.0. The number of carbonyl (C=O) groups is 2. The van der Waals surface area contributed by atoms with Gasteiger partial charge in [-0.25, -0.2) is 0 Å². The molecule has 3 unspecified atom stereocenters. The summed E-state index contributed by atoms with van der Waals surface area (Å²) in [6.45, 7) is 6.69. The maximum Gasteiger partial charge on any atom is 0.306 e. The van der Waals surface area contributed by atoms with Gasteiger partial charge in [0.15, 0.2) is 0 Å². The van der Waals surface area contributed by atoms with Crippen molar-refractivity contribution in [2.24, 2.45) is 0 Å². The molecule has 0 bridgehead atoms. The second-order valence-corrected chi connectivity index (χ2v) is 23.2. The Morgan fingerprint density at radius 3 is 1.29 bits per heavy atom. The summed E-state index contributed by atoms with van der Waals surface area (Å²) >= 11 is 0. The number of esters is 1. The number of phosphoric acid groups is 1. The van der Waals surface area contributed by atoms with Crippen molar-refractivity contribution in [3.05, 3.63) is 97.2 Å². The summed E-state index contributed by atoms with van der Waals surface area (Å²) in [5.41, 5.74) is 0. The second-order valence-electron chi connectivity index (χ2n) is 21.8. The van der Waals surface area contributed by atoms with Crippen LogP contribution >= 0.6 is 7.82 Å². The van der Waals surface area contributed by atoms with Crippen LogP contribution in [0, 0.1) is 0 Å². The molecule has 0 heterocycles. The average Bonchev–Trinajstić information content (AvgIpc) is 3.38. The van der Waals surface area contributed by atoms with Gasteiger partial charge in [0.05, 0.1) is 33.8 Å². The van der Waals surface area contributed by atoms with Gasteiger partial charge >= 0.3 is 5.97 Å². The van der Waals surface area contributed by atoms with Gasteiger partial charge in [-0.05, 0) is 109 Å². The van der Waals surface area contributed by atoms with Crippen LogP contribution in [0.1, 0.15) is 258 Å². The second kappa shape index (κ2) is 55.3. The third-order valence-corrected chi connectivity index (χ3v) is 14.2. The number of nitrogens with zero attached hydrogens (tertiary/aromatic N) is 1. The smallest absolute Gasteiger partial charge is 0.306 e. The summed E-state index contributed by atoms with van der Waals surface area (Å²) in [6.07, 6.45) is 73.7. The Bertz CT molecular complexity index is 1620. The van der Waals surface area contributed by atoms with E-state index in [0.29, 0.717) is 23.9 Å². The van der Waals surface area contributed by atoms with E-state index in [9.17, 15) is 19.0 Å². The molecule has 0 aliphatic carbocycles. The van der Waals surface area contributed by atoms with E-state index in [1.165, 1.54) is 103 Å². The summed E-state index contributed by atoms with van der Waals surface area (Å²) in [6, 6.07) is -0.913. The number of carbonyl (C=O) groups excluding carboxylic acids is 2. The fourth-order valence-corrected chi connectivity index (χ4v) is 9.18. The zero-order valence-corrected chi connectivity index (χ0v) is 50.8. The van der Waals surface area contributed by atoms with E-state index in [1.807, 2.05) is 33.3 Å². The molecule has 0 radical (unpaired) electrons. The zero-order valence-electron chi connectivity index (χ0n) is 49.9. The van der Waals surface area contributed by atoms with Crippen LogP contribution in [0.25, 0.3) is 0 Å². The molecule has 0 rings (SSSR count). The van der Waals surface area contributed by atoms with E-state index in [0.717, 1.165) is 109 Å². The fourth-order valence-electron chi connectivity index (χ4n) is 8.46. The monoisotopic (exact) mass is 1080 g/mol. The first kappa shape index (κ1) is 72.9. The minimum atomic E-state index is -4.71. The molecule has 0 aliphatic heterocycles. The number of nitrogens with one attached hydrogen (secondary N) is 1. The highest BCUT2D eigenvalue weighted by Gasteiger charge is 2.27. The fraction of sp³-hybridized carbons (Fsp3) is 0.727. The number of quaternary nitrogens is 1. The molecular formula is C66H117N2O7P. The van der Waals surface area contributed by atoms with E-state index < -0.39 is 26.6 Å². The van der Waals surface area contributed by atoms with Gasteiger partial charge in [-0.3, -0.25) is 14.2 Å². The summed E-state index contributed by atoms with van der Waals surface area (Å²) < 4.78 is 30.3. The molecule has 10 heteroatoms. The predicted molar refractivity (Wildman–Crippen MR) is 325 cm³/mol. The van der Waals surface area contributed by atoms with Crippen LogP contribution in [0.5, 0.6) is 0 Å². The van der Waals surface area contributed by atoms with Crippen molar-refractivity contribution in [1.29, 1.82) is 0 Å². The number of hydrogen-bond acceptors (Lipinski definition) is 7. The number of rotatable bonds is 55. The molecule has 0 fully saturated rings. The van der Waals surface area contributed by atoms with E-state index in [4.69, 9.17) is 13.8 Å². The summed E-state index contributed by atoms with van der Waals surface area (Å²) in [7, 11) is 1.15. The van der Waals surface area contributed by atoms with Crippen LogP contribution < -0.4 is 10.2 Å². The molecule has 9 nitrogen and oxygen atoms in total. The highest BCUT2D eigenvalue weighted by Crippen LogP contribution is 2.38. The Balaban J connectivity index is 5.33. The molecule has 3 atom stereocenters. The maximum atomic E-state index is 13.5. The molecule has 438 valence electrons. The lowest BCUT2D eigenvalue weighted by Gasteiger charge is -2.30. The van der Waals surface area contributed by atoms with Crippen LogP contribution in [-0.4, -0.2) is 69.4 Å². The Hall–Kier alpha value is -3.07. The molecule has 1 N–H and O–H groups in total. The zero-order chi connectivity index (χ0) is 55.7. The van der Waals surface area contributed by atoms with Gasteiger partial charge in [0.25, 0.3) is 7.82 Å². The van der Waals surface area contributed by atoms with Crippen molar-refractivity contribution in [3.8, 4) is 0 Å². The van der Waals surface area contributed by atoms with Crippen molar-refractivity contribution >= 4 is 19.7 Å². The van der Waals surface area contributed by atoms with E-state index in [-0.39, 0.29) is 31.3 Å². The number of allylic oxidation sites excluding steroid dienone is 15. The predicted octanol–water partition coefficient (Wildman–Crippen LogP) is 18.5. The standard InChI is InChI=1S/C66H117N2O7P/c1-7-10-13-16-19-22-25-28-30-31-32-33-34-35-36-37-38-40-43-46-49-52-55-58-65(69)67-63(62-74-76(71,72)73-61-60-68(4,5)6)64(57-54-51-48-45-42-39-27-24-21-18-15-12-9-3)75-66(70)59-56-53-50-47-44-41-29-26-23-20-17-14-11-8-2/h10,13,19,22,28,30,32-33,35-36,38,40-41,44,54,57,63-64H,7-9,11-12,14-18,20-21,23-27,29,31,34,37,39,42-43,45-53,55-56,58-62H2,1-6H3,(H-,67,69,71,72)/b13-10-,22-19-,30-28-,33-32-,36-35-,40-38-,44-41-,57-54-. The van der Waals surface area contributed by atoms with Crippen molar-refractivity contribution in [2.45, 2.75) is 270 Å². The van der Waals surface area contributed by atoms with E-state index in [1.54, 1.807) is 0 Å². The number of unbranched alkanes of at least 4 members (excludes halogenated alkanes) is 25. The van der Waals surface area contributed by atoms with Crippen LogP contribution in [0.3, 0.4) is 0 Å². The lowest BCUT2D eigenvalue weighted by Crippen LogP contribution is -2.47. The quantitative estimate of drug-likeness (QED) is 0.0212. The number of phosphoric ester groups is 1. The van der Waals surface area contributed by atoms with Gasteiger partial charge in [0.2, 0.25) is 5.91 Å². The van der Waals surface area contributed by atoms with Gasteiger partial charge in [-0.2, -0.15) is 0 Å². The van der Waals surface area contributed by atoms with Gasteiger partial charge in [0, 0.05) is 12.8 Å². The Morgan fingerprint density at radius 1 is 0.474 bits per heavy atom. The lowest BCUT2D eigenvalue weighted by molar-refractivity contribution is -0.870. The average molecular weight is 1080 g/mol. The van der Waals surface area contributed by atoms with E-state index >= 15 is 0 Å². The Morgan fingerprint density at radius 2 is 0.842 bits per heavy atom. The molecule has 1 amide bonds.